The minimum absolute atomic E-state index is 0. The molecular weight excluding hydrogens is 340 g/mol. The molecule has 3 N–H and O–H groups in total. The van der Waals surface area contributed by atoms with Gasteiger partial charge in [0, 0.05) is 11.6 Å². The average Bonchev–Trinajstić information content (AvgIpc) is 3.01. The van der Waals surface area contributed by atoms with Crippen molar-refractivity contribution < 1.29 is 14.3 Å². The van der Waals surface area contributed by atoms with E-state index >= 15 is 0 Å². The van der Waals surface area contributed by atoms with E-state index in [2.05, 4.69) is 19.2 Å². The minimum Gasteiger partial charge on any atom is -0.493 e. The first-order chi connectivity index (χ1) is 11.5. The Labute approximate surface area is 157 Å². The van der Waals surface area contributed by atoms with E-state index in [4.69, 9.17) is 15.2 Å². The van der Waals surface area contributed by atoms with Gasteiger partial charge in [0.1, 0.15) is 0 Å². The molecule has 142 valence electrons. The van der Waals surface area contributed by atoms with Crippen LogP contribution in [0.4, 0.5) is 0 Å². The molecule has 0 radical (unpaired) electrons. The van der Waals surface area contributed by atoms with Gasteiger partial charge in [-0.25, -0.2) is 0 Å². The lowest BCUT2D eigenvalue weighted by molar-refractivity contribution is 0.0928. The molecule has 0 heterocycles. The van der Waals surface area contributed by atoms with Crippen LogP contribution in [0.5, 0.6) is 11.5 Å². The summed E-state index contributed by atoms with van der Waals surface area (Å²) in [5.41, 5.74) is 6.37. The molecule has 6 heteroatoms. The van der Waals surface area contributed by atoms with E-state index in [9.17, 15) is 4.79 Å². The van der Waals surface area contributed by atoms with E-state index in [0.717, 1.165) is 25.7 Å². The van der Waals surface area contributed by atoms with E-state index in [-0.39, 0.29) is 24.4 Å². The van der Waals surface area contributed by atoms with Crippen LogP contribution in [0.2, 0.25) is 0 Å². The number of halogens is 1. The summed E-state index contributed by atoms with van der Waals surface area (Å²) in [4.78, 5) is 12.5. The summed E-state index contributed by atoms with van der Waals surface area (Å²) in [7, 11) is 1.59. The molecule has 0 aliphatic heterocycles. The Morgan fingerprint density at radius 1 is 1.32 bits per heavy atom. The van der Waals surface area contributed by atoms with Gasteiger partial charge in [0.2, 0.25) is 0 Å². The lowest BCUT2D eigenvalue weighted by Crippen LogP contribution is -2.39. The molecular formula is C19H31ClN2O3. The second-order valence-corrected chi connectivity index (χ2v) is 6.90. The fourth-order valence-electron chi connectivity index (χ4n) is 3.09. The number of ether oxygens (including phenoxy) is 2. The molecule has 1 aromatic rings. The number of rotatable bonds is 8. The maximum absolute atomic E-state index is 12.5. The van der Waals surface area contributed by atoms with Gasteiger partial charge < -0.3 is 20.5 Å². The molecule has 0 saturated heterocycles. The second-order valence-electron chi connectivity index (χ2n) is 6.90. The smallest absolute Gasteiger partial charge is 0.251 e. The van der Waals surface area contributed by atoms with Crippen LogP contribution in [-0.4, -0.2) is 32.2 Å². The number of methoxy groups -OCH3 is 1. The number of hydrogen-bond donors (Lipinski definition) is 2. The third kappa shape index (κ3) is 6.08. The number of benzene rings is 1. The normalized spacial score (nSPS) is 19.4. The predicted molar refractivity (Wildman–Crippen MR) is 103 cm³/mol. The number of hydrogen-bond acceptors (Lipinski definition) is 4. The molecule has 1 saturated carbocycles. The van der Waals surface area contributed by atoms with Gasteiger partial charge >= 0.3 is 0 Å². The average molecular weight is 371 g/mol. The fraction of sp³-hybridized carbons (Fsp3) is 0.632. The molecule has 0 bridgehead atoms. The highest BCUT2D eigenvalue weighted by Gasteiger charge is 2.27. The van der Waals surface area contributed by atoms with Gasteiger partial charge in [0.25, 0.3) is 5.91 Å². The first kappa shape index (κ1) is 21.6. The molecule has 1 fully saturated rings. The van der Waals surface area contributed by atoms with Crippen molar-refractivity contribution in [1.29, 1.82) is 0 Å². The summed E-state index contributed by atoms with van der Waals surface area (Å²) in [5, 5.41) is 3.11. The Hall–Kier alpha value is -1.46. The molecule has 1 aromatic carbocycles. The zero-order valence-corrected chi connectivity index (χ0v) is 16.2. The lowest BCUT2D eigenvalue weighted by Gasteiger charge is -2.20. The van der Waals surface area contributed by atoms with Crippen molar-refractivity contribution >= 4 is 18.3 Å². The molecule has 25 heavy (non-hydrogen) atoms. The zero-order chi connectivity index (χ0) is 17.5. The van der Waals surface area contributed by atoms with Crippen LogP contribution in [0.1, 0.15) is 49.9 Å². The van der Waals surface area contributed by atoms with Crippen LogP contribution >= 0.6 is 12.4 Å². The number of carbonyl (C=O) groups excluding carboxylic acids is 1. The van der Waals surface area contributed by atoms with Gasteiger partial charge in [-0.1, -0.05) is 20.3 Å². The number of amides is 1. The highest BCUT2D eigenvalue weighted by atomic mass is 35.5. The van der Waals surface area contributed by atoms with Crippen molar-refractivity contribution in [3.63, 3.8) is 0 Å². The first-order valence-corrected chi connectivity index (χ1v) is 8.87. The van der Waals surface area contributed by atoms with Crippen LogP contribution in [-0.2, 0) is 0 Å². The molecule has 2 atom stereocenters. The van der Waals surface area contributed by atoms with Crippen molar-refractivity contribution in [1.82, 2.24) is 5.32 Å². The van der Waals surface area contributed by atoms with Gasteiger partial charge in [-0.2, -0.15) is 0 Å². The number of nitrogens with one attached hydrogen (secondary N) is 1. The Kier molecular flexibility index (Phi) is 9.08. The standard InChI is InChI=1S/C19H30N2O3.ClH/c1-13(2)9-10-24-17-8-7-14(11-18(17)23-3)19(22)21-16-6-4-5-15(16)12-20;/h7-8,11,13,15-16H,4-6,9-10,12,20H2,1-3H3,(H,21,22);1H. The fourth-order valence-corrected chi connectivity index (χ4v) is 3.09. The molecule has 0 spiro atoms. The lowest BCUT2D eigenvalue weighted by atomic mass is 10.0. The molecule has 0 aromatic heterocycles. The van der Waals surface area contributed by atoms with E-state index in [0.29, 0.717) is 42.0 Å². The van der Waals surface area contributed by atoms with Gasteiger partial charge in [-0.3, -0.25) is 4.79 Å². The SMILES string of the molecule is COc1cc(C(=O)NC2CCCC2CN)ccc1OCCC(C)C.Cl. The van der Waals surface area contributed by atoms with Crippen LogP contribution in [0, 0.1) is 11.8 Å². The summed E-state index contributed by atoms with van der Waals surface area (Å²) in [6.45, 7) is 5.58. The highest BCUT2D eigenvalue weighted by molar-refractivity contribution is 5.95. The maximum atomic E-state index is 12.5. The molecule has 5 nitrogen and oxygen atoms in total. The molecule has 1 amide bonds. The third-order valence-electron chi connectivity index (χ3n) is 4.66. The van der Waals surface area contributed by atoms with E-state index in [1.807, 2.05) is 6.07 Å². The Bertz CT molecular complexity index is 551. The summed E-state index contributed by atoms with van der Waals surface area (Å²) in [6.07, 6.45) is 4.20. The van der Waals surface area contributed by atoms with Crippen molar-refractivity contribution in [2.75, 3.05) is 20.3 Å². The molecule has 1 aliphatic rings. The van der Waals surface area contributed by atoms with Gasteiger partial charge in [0.15, 0.2) is 11.5 Å². The van der Waals surface area contributed by atoms with Crippen LogP contribution in [0.25, 0.3) is 0 Å². The molecule has 1 aliphatic carbocycles. The maximum Gasteiger partial charge on any atom is 0.251 e. The predicted octanol–water partition coefficient (Wildman–Crippen LogP) is 3.40. The monoisotopic (exact) mass is 370 g/mol. The largest absolute Gasteiger partial charge is 0.493 e. The second kappa shape index (κ2) is 10.5. The van der Waals surface area contributed by atoms with Crippen LogP contribution in [0.15, 0.2) is 18.2 Å². The van der Waals surface area contributed by atoms with Gasteiger partial charge in [-0.05, 0) is 55.8 Å². The Balaban J connectivity index is 0.00000312. The summed E-state index contributed by atoms with van der Waals surface area (Å²) in [5.74, 6) is 2.16. The molecule has 2 unspecified atom stereocenters. The van der Waals surface area contributed by atoms with Gasteiger partial charge in [-0.15, -0.1) is 12.4 Å². The topological polar surface area (TPSA) is 73.6 Å². The van der Waals surface area contributed by atoms with Crippen molar-refractivity contribution in [3.05, 3.63) is 23.8 Å². The Morgan fingerprint density at radius 2 is 2.08 bits per heavy atom. The summed E-state index contributed by atoms with van der Waals surface area (Å²) >= 11 is 0. The quantitative estimate of drug-likeness (QED) is 0.735. The van der Waals surface area contributed by atoms with Crippen molar-refractivity contribution in [3.8, 4) is 11.5 Å². The summed E-state index contributed by atoms with van der Waals surface area (Å²) < 4.78 is 11.1. The number of nitrogens with two attached hydrogens (primary N) is 1. The van der Waals surface area contributed by atoms with Crippen LogP contribution in [0.3, 0.4) is 0 Å². The zero-order valence-electron chi connectivity index (χ0n) is 15.4. The van der Waals surface area contributed by atoms with Gasteiger partial charge in [0.05, 0.1) is 13.7 Å². The van der Waals surface area contributed by atoms with Crippen molar-refractivity contribution in [2.45, 2.75) is 45.6 Å². The minimum atomic E-state index is -0.0765. The summed E-state index contributed by atoms with van der Waals surface area (Å²) in [6, 6.07) is 5.51. The first-order valence-electron chi connectivity index (χ1n) is 8.87. The highest BCUT2D eigenvalue weighted by Crippen LogP contribution is 2.29. The van der Waals surface area contributed by atoms with E-state index in [1.165, 1.54) is 0 Å². The van der Waals surface area contributed by atoms with Crippen LogP contribution < -0.4 is 20.5 Å². The number of carbonyl (C=O) groups is 1. The molecule has 2 rings (SSSR count). The van der Waals surface area contributed by atoms with Crippen molar-refractivity contribution in [2.24, 2.45) is 17.6 Å². The van der Waals surface area contributed by atoms with E-state index in [1.54, 1.807) is 19.2 Å². The van der Waals surface area contributed by atoms with E-state index < -0.39 is 0 Å². The Morgan fingerprint density at radius 3 is 2.72 bits per heavy atom. The third-order valence-corrected chi connectivity index (χ3v) is 4.66.